The molecule has 0 radical (unpaired) electrons. The number of ether oxygens (including phenoxy) is 1. The van der Waals surface area contributed by atoms with Crippen LogP contribution in [-0.4, -0.2) is 12.7 Å². The summed E-state index contributed by atoms with van der Waals surface area (Å²) in [5, 5.41) is 0. The van der Waals surface area contributed by atoms with Crippen molar-refractivity contribution in [2.45, 2.75) is 31.3 Å². The van der Waals surface area contributed by atoms with Gasteiger partial charge in [-0.25, -0.2) is 0 Å². The Kier molecular flexibility index (Phi) is 2.36. The van der Waals surface area contributed by atoms with Gasteiger partial charge in [-0.05, 0) is 48.8 Å². The van der Waals surface area contributed by atoms with Crippen LogP contribution in [0.1, 0.15) is 31.2 Å². The fourth-order valence-electron chi connectivity index (χ4n) is 3.23. The lowest BCUT2D eigenvalue weighted by Crippen LogP contribution is -2.27. The molecule has 1 saturated carbocycles. The lowest BCUT2D eigenvalue weighted by atomic mass is 9.84. The molecule has 2 unspecified atom stereocenters. The van der Waals surface area contributed by atoms with Crippen LogP contribution in [-0.2, 0) is 4.74 Å². The maximum atomic E-state index is 5.74. The van der Waals surface area contributed by atoms with E-state index < -0.39 is 0 Å². The van der Waals surface area contributed by atoms with Gasteiger partial charge in [0, 0.05) is 7.11 Å². The Hall–Kier alpha value is -1.08. The lowest BCUT2D eigenvalue weighted by Gasteiger charge is -2.30. The van der Waals surface area contributed by atoms with E-state index in [1.54, 1.807) is 0 Å². The molecule has 2 aliphatic carbocycles. The zero-order valence-electron chi connectivity index (χ0n) is 9.78. The van der Waals surface area contributed by atoms with Gasteiger partial charge in [-0.15, -0.1) is 0 Å². The molecule has 1 nitrogen and oxygen atoms in total. The molecule has 0 aliphatic heterocycles. The third kappa shape index (κ3) is 1.60. The molecule has 16 heavy (non-hydrogen) atoms. The molecule has 2 bridgehead atoms. The Labute approximate surface area is 97.1 Å². The normalized spacial score (nSPS) is 32.6. The summed E-state index contributed by atoms with van der Waals surface area (Å²) in [5.74, 6) is 0.833. The van der Waals surface area contributed by atoms with Crippen LogP contribution in [0.3, 0.4) is 0 Å². The molecule has 0 saturated heterocycles. The SMILES string of the molecule is COC12C=C(c3ccccc3)CC(CC1)C2. The molecule has 1 heteroatoms. The Morgan fingerprint density at radius 3 is 2.81 bits per heavy atom. The summed E-state index contributed by atoms with van der Waals surface area (Å²) in [6.07, 6.45) is 7.35. The molecular formula is C15H18O. The minimum Gasteiger partial charge on any atom is -0.374 e. The van der Waals surface area contributed by atoms with Crippen molar-refractivity contribution in [3.63, 3.8) is 0 Å². The quantitative estimate of drug-likeness (QED) is 0.730. The summed E-state index contributed by atoms with van der Waals surface area (Å²) in [7, 11) is 1.85. The molecule has 1 aromatic carbocycles. The molecule has 0 amide bonds. The van der Waals surface area contributed by atoms with Crippen LogP contribution in [0.4, 0.5) is 0 Å². The Bertz CT molecular complexity index is 407. The van der Waals surface area contributed by atoms with Gasteiger partial charge in [0.25, 0.3) is 0 Å². The van der Waals surface area contributed by atoms with Gasteiger partial charge < -0.3 is 4.74 Å². The second-order valence-electron chi connectivity index (χ2n) is 5.12. The van der Waals surface area contributed by atoms with Crippen molar-refractivity contribution in [1.29, 1.82) is 0 Å². The summed E-state index contributed by atoms with van der Waals surface area (Å²) in [6, 6.07) is 10.7. The van der Waals surface area contributed by atoms with Crippen molar-refractivity contribution < 1.29 is 4.74 Å². The fraction of sp³-hybridized carbons (Fsp3) is 0.467. The first kappa shape index (κ1) is 10.1. The molecule has 1 aromatic rings. The van der Waals surface area contributed by atoms with E-state index in [4.69, 9.17) is 4.74 Å². The highest BCUT2D eigenvalue weighted by Crippen LogP contribution is 2.48. The Morgan fingerprint density at radius 2 is 2.06 bits per heavy atom. The maximum Gasteiger partial charge on any atom is 0.0867 e. The first-order valence-corrected chi connectivity index (χ1v) is 6.14. The average Bonchev–Trinajstić information content (AvgIpc) is 2.66. The van der Waals surface area contributed by atoms with Crippen LogP contribution >= 0.6 is 0 Å². The summed E-state index contributed by atoms with van der Waals surface area (Å²) in [4.78, 5) is 0. The van der Waals surface area contributed by atoms with Gasteiger partial charge in [0.2, 0.25) is 0 Å². The highest BCUT2D eigenvalue weighted by Gasteiger charge is 2.41. The zero-order chi connectivity index (χ0) is 11.0. The molecule has 3 rings (SSSR count). The van der Waals surface area contributed by atoms with E-state index in [-0.39, 0.29) is 5.60 Å². The zero-order valence-corrected chi connectivity index (χ0v) is 9.78. The van der Waals surface area contributed by atoms with Crippen molar-refractivity contribution >= 4 is 5.57 Å². The number of hydrogen-bond donors (Lipinski definition) is 0. The van der Waals surface area contributed by atoms with E-state index in [9.17, 15) is 0 Å². The van der Waals surface area contributed by atoms with Crippen LogP contribution in [0.15, 0.2) is 36.4 Å². The molecule has 0 heterocycles. The minimum absolute atomic E-state index is 0.0497. The number of fused-ring (bicyclic) bond motifs is 2. The van der Waals surface area contributed by atoms with E-state index >= 15 is 0 Å². The molecule has 2 aliphatic rings. The first-order valence-electron chi connectivity index (χ1n) is 6.14. The van der Waals surface area contributed by atoms with E-state index in [0.717, 1.165) is 5.92 Å². The van der Waals surface area contributed by atoms with Gasteiger partial charge >= 0.3 is 0 Å². The summed E-state index contributed by atoms with van der Waals surface area (Å²) < 4.78 is 5.74. The van der Waals surface area contributed by atoms with Gasteiger partial charge in [0.05, 0.1) is 5.60 Å². The lowest BCUT2D eigenvalue weighted by molar-refractivity contribution is 0.0332. The monoisotopic (exact) mass is 214 g/mol. The standard InChI is InChI=1S/C15H18O/c1-16-15-8-7-12(10-15)9-14(11-15)13-5-3-2-4-6-13/h2-6,11-12H,7-10H2,1H3. The smallest absolute Gasteiger partial charge is 0.0867 e. The molecule has 0 N–H and O–H groups in total. The van der Waals surface area contributed by atoms with E-state index in [1.165, 1.54) is 36.8 Å². The van der Waals surface area contributed by atoms with Crippen LogP contribution in [0.5, 0.6) is 0 Å². The first-order chi connectivity index (χ1) is 7.81. The number of rotatable bonds is 2. The third-order valence-electron chi connectivity index (χ3n) is 4.11. The number of hydrogen-bond acceptors (Lipinski definition) is 1. The average molecular weight is 214 g/mol. The Morgan fingerprint density at radius 1 is 1.25 bits per heavy atom. The van der Waals surface area contributed by atoms with Gasteiger partial charge in [-0.2, -0.15) is 0 Å². The second kappa shape index (κ2) is 3.74. The van der Waals surface area contributed by atoms with Gasteiger partial charge in [0.15, 0.2) is 0 Å². The molecule has 1 fully saturated rings. The molecular weight excluding hydrogens is 196 g/mol. The van der Waals surface area contributed by atoms with Gasteiger partial charge in [0.1, 0.15) is 0 Å². The third-order valence-corrected chi connectivity index (χ3v) is 4.11. The highest BCUT2D eigenvalue weighted by molar-refractivity contribution is 5.68. The number of allylic oxidation sites excluding steroid dienone is 1. The fourth-order valence-corrected chi connectivity index (χ4v) is 3.23. The van der Waals surface area contributed by atoms with E-state index in [1.807, 2.05) is 7.11 Å². The van der Waals surface area contributed by atoms with Crippen molar-refractivity contribution in [3.05, 3.63) is 42.0 Å². The van der Waals surface area contributed by atoms with Crippen molar-refractivity contribution in [2.24, 2.45) is 5.92 Å². The van der Waals surface area contributed by atoms with Gasteiger partial charge in [-0.1, -0.05) is 30.3 Å². The van der Waals surface area contributed by atoms with Crippen LogP contribution in [0.25, 0.3) is 5.57 Å². The molecule has 0 aromatic heterocycles. The minimum atomic E-state index is 0.0497. The Balaban J connectivity index is 1.98. The largest absolute Gasteiger partial charge is 0.374 e. The predicted molar refractivity (Wildman–Crippen MR) is 66.1 cm³/mol. The van der Waals surface area contributed by atoms with Crippen molar-refractivity contribution in [2.75, 3.05) is 7.11 Å². The molecule has 0 spiro atoms. The second-order valence-corrected chi connectivity index (χ2v) is 5.12. The topological polar surface area (TPSA) is 9.23 Å². The molecule has 2 atom stereocenters. The van der Waals surface area contributed by atoms with Gasteiger partial charge in [-0.3, -0.25) is 0 Å². The highest BCUT2D eigenvalue weighted by atomic mass is 16.5. The summed E-state index contributed by atoms with van der Waals surface area (Å²) in [5.41, 5.74) is 2.90. The van der Waals surface area contributed by atoms with Crippen LogP contribution in [0, 0.1) is 5.92 Å². The van der Waals surface area contributed by atoms with Crippen LogP contribution < -0.4 is 0 Å². The number of methoxy groups -OCH3 is 1. The van der Waals surface area contributed by atoms with Crippen molar-refractivity contribution in [1.82, 2.24) is 0 Å². The van der Waals surface area contributed by atoms with Crippen LogP contribution in [0.2, 0.25) is 0 Å². The number of benzene rings is 1. The predicted octanol–water partition coefficient (Wildman–Crippen LogP) is 3.66. The van der Waals surface area contributed by atoms with E-state index in [2.05, 4.69) is 36.4 Å². The molecule has 84 valence electrons. The summed E-state index contributed by atoms with van der Waals surface area (Å²) >= 11 is 0. The summed E-state index contributed by atoms with van der Waals surface area (Å²) in [6.45, 7) is 0. The van der Waals surface area contributed by atoms with E-state index in [0.29, 0.717) is 0 Å². The maximum absolute atomic E-state index is 5.74. The van der Waals surface area contributed by atoms with Crippen molar-refractivity contribution in [3.8, 4) is 0 Å².